The fourth-order valence-corrected chi connectivity index (χ4v) is 4.74. The van der Waals surface area contributed by atoms with Crippen LogP contribution in [0.5, 0.6) is 0 Å². The number of amides is 1. The van der Waals surface area contributed by atoms with Crippen molar-refractivity contribution in [2.24, 2.45) is 17.0 Å². The van der Waals surface area contributed by atoms with Gasteiger partial charge in [-0.25, -0.2) is 13.6 Å². The Morgan fingerprint density at radius 2 is 1.95 bits per heavy atom. The molecule has 5 nitrogen and oxygen atoms in total. The number of carbonyl (C=O) groups excluding carboxylic acids is 1. The zero-order valence-electron chi connectivity index (χ0n) is 10.4. The first-order valence-electron chi connectivity index (χ1n) is 6.36. The Hall–Kier alpha value is -0.920. The Morgan fingerprint density at radius 3 is 2.47 bits per heavy atom. The van der Waals surface area contributed by atoms with Crippen molar-refractivity contribution < 1.29 is 13.2 Å². The van der Waals surface area contributed by atoms with E-state index in [0.29, 0.717) is 17.4 Å². The predicted octanol–water partition coefficient (Wildman–Crippen LogP) is 1.27. The quantitative estimate of drug-likeness (QED) is 0.893. The molecule has 0 bridgehead atoms. The minimum atomic E-state index is -3.71. The number of carbonyl (C=O) groups is 1. The Kier molecular flexibility index (Phi) is 3.15. The van der Waals surface area contributed by atoms with Crippen molar-refractivity contribution in [3.8, 4) is 0 Å². The summed E-state index contributed by atoms with van der Waals surface area (Å²) >= 11 is 1.00. The van der Waals surface area contributed by atoms with Crippen LogP contribution in [0.2, 0.25) is 0 Å². The molecule has 1 aliphatic heterocycles. The van der Waals surface area contributed by atoms with E-state index in [1.165, 1.54) is 25.3 Å². The number of rotatable bonds is 2. The fourth-order valence-electron chi connectivity index (χ4n) is 3.16. The number of fused-ring (bicyclic) bond motifs is 1. The zero-order valence-corrected chi connectivity index (χ0v) is 12.0. The van der Waals surface area contributed by atoms with Crippen molar-refractivity contribution in [1.82, 2.24) is 4.90 Å². The molecule has 104 valence electrons. The number of likely N-dealkylation sites (tertiary alicyclic amines) is 1. The SMILES string of the molecule is NS(=O)(=O)c1cc(C(=O)N2CC3CCCC3C2)cs1. The monoisotopic (exact) mass is 300 g/mol. The molecular weight excluding hydrogens is 284 g/mol. The molecule has 2 atom stereocenters. The van der Waals surface area contributed by atoms with Crippen LogP contribution in [0.4, 0.5) is 0 Å². The van der Waals surface area contributed by atoms with Gasteiger partial charge in [0.15, 0.2) is 0 Å². The summed E-state index contributed by atoms with van der Waals surface area (Å²) in [6.45, 7) is 1.62. The summed E-state index contributed by atoms with van der Waals surface area (Å²) in [5, 5.41) is 6.64. The van der Waals surface area contributed by atoms with Gasteiger partial charge < -0.3 is 4.90 Å². The summed E-state index contributed by atoms with van der Waals surface area (Å²) in [5.74, 6) is 1.21. The van der Waals surface area contributed by atoms with E-state index < -0.39 is 10.0 Å². The second-order valence-corrected chi connectivity index (χ2v) is 8.06. The summed E-state index contributed by atoms with van der Waals surface area (Å²) in [5.41, 5.74) is 0.439. The van der Waals surface area contributed by atoms with Crippen LogP contribution in [0, 0.1) is 11.8 Å². The van der Waals surface area contributed by atoms with E-state index in [2.05, 4.69) is 0 Å². The molecule has 0 aromatic carbocycles. The maximum Gasteiger partial charge on any atom is 0.254 e. The Bertz CT molecular complexity index is 596. The van der Waals surface area contributed by atoms with Crippen molar-refractivity contribution in [3.63, 3.8) is 0 Å². The lowest BCUT2D eigenvalue weighted by atomic mass is 10.0. The Balaban J connectivity index is 1.76. The summed E-state index contributed by atoms with van der Waals surface area (Å²) in [6, 6.07) is 1.39. The van der Waals surface area contributed by atoms with Gasteiger partial charge >= 0.3 is 0 Å². The third-order valence-corrected chi connectivity index (χ3v) is 6.50. The van der Waals surface area contributed by atoms with E-state index in [9.17, 15) is 13.2 Å². The van der Waals surface area contributed by atoms with Crippen LogP contribution in [-0.4, -0.2) is 32.3 Å². The van der Waals surface area contributed by atoms with Crippen LogP contribution in [0.3, 0.4) is 0 Å². The number of hydrogen-bond donors (Lipinski definition) is 1. The third-order valence-electron chi connectivity index (χ3n) is 4.12. The fraction of sp³-hybridized carbons (Fsp3) is 0.583. The molecule has 1 saturated heterocycles. The van der Waals surface area contributed by atoms with Gasteiger partial charge in [0.2, 0.25) is 10.0 Å². The molecule has 1 aliphatic carbocycles. The third kappa shape index (κ3) is 2.42. The molecule has 1 aromatic rings. The first kappa shape index (κ1) is 13.1. The molecule has 2 aliphatic rings. The average molecular weight is 300 g/mol. The highest BCUT2D eigenvalue weighted by Crippen LogP contribution is 2.38. The average Bonchev–Trinajstić information content (AvgIpc) is 3.01. The standard InChI is InChI=1S/C12H16N2O3S2/c13-19(16,17)11-4-10(7-18-11)12(15)14-5-8-2-1-3-9(8)6-14/h4,7-9H,1-3,5-6H2,(H2,13,16,17). The van der Waals surface area contributed by atoms with E-state index in [4.69, 9.17) is 5.14 Å². The lowest BCUT2D eigenvalue weighted by molar-refractivity contribution is 0.0781. The van der Waals surface area contributed by atoms with Crippen LogP contribution in [0.15, 0.2) is 15.7 Å². The minimum Gasteiger partial charge on any atom is -0.338 e. The summed E-state index contributed by atoms with van der Waals surface area (Å²) in [7, 11) is -3.71. The van der Waals surface area contributed by atoms with Crippen molar-refractivity contribution in [1.29, 1.82) is 0 Å². The Labute approximate surface area is 116 Å². The van der Waals surface area contributed by atoms with Crippen molar-refractivity contribution in [2.45, 2.75) is 23.5 Å². The van der Waals surface area contributed by atoms with E-state index >= 15 is 0 Å². The maximum atomic E-state index is 12.3. The van der Waals surface area contributed by atoms with E-state index in [0.717, 1.165) is 24.4 Å². The molecule has 7 heteroatoms. The van der Waals surface area contributed by atoms with Gasteiger partial charge in [-0.1, -0.05) is 6.42 Å². The smallest absolute Gasteiger partial charge is 0.254 e. The van der Waals surface area contributed by atoms with Crippen LogP contribution < -0.4 is 5.14 Å². The first-order chi connectivity index (χ1) is 8.95. The van der Waals surface area contributed by atoms with Gasteiger partial charge in [0.05, 0.1) is 5.56 Å². The highest BCUT2D eigenvalue weighted by Gasteiger charge is 2.38. The van der Waals surface area contributed by atoms with E-state index in [1.54, 1.807) is 5.38 Å². The van der Waals surface area contributed by atoms with Gasteiger partial charge in [0.25, 0.3) is 5.91 Å². The number of nitrogens with two attached hydrogens (primary N) is 1. The van der Waals surface area contributed by atoms with Crippen molar-refractivity contribution >= 4 is 27.3 Å². The largest absolute Gasteiger partial charge is 0.338 e. The normalized spacial score (nSPS) is 26.7. The molecule has 0 spiro atoms. The van der Waals surface area contributed by atoms with Gasteiger partial charge in [-0.3, -0.25) is 4.79 Å². The van der Waals surface area contributed by atoms with Gasteiger partial charge in [-0.15, -0.1) is 11.3 Å². The van der Waals surface area contributed by atoms with Crippen LogP contribution >= 0.6 is 11.3 Å². The van der Waals surface area contributed by atoms with Crippen molar-refractivity contribution in [2.75, 3.05) is 13.1 Å². The predicted molar refractivity (Wildman–Crippen MR) is 72.4 cm³/mol. The molecule has 19 heavy (non-hydrogen) atoms. The maximum absolute atomic E-state index is 12.3. The summed E-state index contributed by atoms with van der Waals surface area (Å²) < 4.78 is 22.5. The molecule has 2 N–H and O–H groups in total. The minimum absolute atomic E-state index is 0.0511. The highest BCUT2D eigenvalue weighted by molar-refractivity contribution is 7.91. The number of primary sulfonamides is 1. The summed E-state index contributed by atoms with van der Waals surface area (Å²) in [4.78, 5) is 14.2. The first-order valence-corrected chi connectivity index (χ1v) is 8.78. The lowest BCUT2D eigenvalue weighted by Crippen LogP contribution is -2.29. The van der Waals surface area contributed by atoms with Crippen LogP contribution in [0.25, 0.3) is 0 Å². The van der Waals surface area contributed by atoms with Gasteiger partial charge in [-0.2, -0.15) is 0 Å². The highest BCUT2D eigenvalue weighted by atomic mass is 32.2. The molecule has 3 rings (SSSR count). The van der Waals surface area contributed by atoms with Gasteiger partial charge in [-0.05, 0) is 30.7 Å². The number of nitrogens with zero attached hydrogens (tertiary/aromatic N) is 1. The number of hydrogen-bond acceptors (Lipinski definition) is 4. The zero-order chi connectivity index (χ0) is 13.6. The Morgan fingerprint density at radius 1 is 1.32 bits per heavy atom. The summed E-state index contributed by atoms with van der Waals surface area (Å²) in [6.07, 6.45) is 3.69. The molecule has 1 saturated carbocycles. The molecule has 2 unspecified atom stereocenters. The number of sulfonamides is 1. The molecular formula is C12H16N2O3S2. The topological polar surface area (TPSA) is 80.5 Å². The van der Waals surface area contributed by atoms with E-state index in [-0.39, 0.29) is 10.1 Å². The molecule has 1 amide bonds. The van der Waals surface area contributed by atoms with Crippen LogP contribution in [-0.2, 0) is 10.0 Å². The van der Waals surface area contributed by atoms with Gasteiger partial charge in [0.1, 0.15) is 4.21 Å². The lowest BCUT2D eigenvalue weighted by Gasteiger charge is -2.16. The molecule has 2 heterocycles. The molecule has 2 fully saturated rings. The number of thiophene rings is 1. The van der Waals surface area contributed by atoms with Gasteiger partial charge in [0, 0.05) is 18.5 Å². The van der Waals surface area contributed by atoms with E-state index in [1.807, 2.05) is 4.90 Å². The molecule has 1 aromatic heterocycles. The van der Waals surface area contributed by atoms with Crippen LogP contribution in [0.1, 0.15) is 29.6 Å². The second-order valence-electron chi connectivity index (χ2n) is 5.36. The second kappa shape index (κ2) is 4.57. The molecule has 0 radical (unpaired) electrons. The van der Waals surface area contributed by atoms with Crippen molar-refractivity contribution in [3.05, 3.63) is 17.0 Å².